The molecule has 0 amide bonds. The molecular weight excluding hydrogens is 413 g/mol. The van der Waals surface area contributed by atoms with E-state index in [2.05, 4.69) is 42.7 Å². The van der Waals surface area contributed by atoms with Crippen LogP contribution >= 0.6 is 24.0 Å². The normalized spacial score (nSPS) is 18.5. The quantitative estimate of drug-likeness (QED) is 0.382. The van der Waals surface area contributed by atoms with E-state index in [0.29, 0.717) is 12.0 Å². The molecule has 1 aromatic carbocycles. The molecule has 4 nitrogen and oxygen atoms in total. The Bertz CT molecular complexity index is 580. The van der Waals surface area contributed by atoms with E-state index >= 15 is 0 Å². The molecule has 2 aliphatic rings. The molecule has 0 aliphatic heterocycles. The number of ether oxygens (including phenoxy) is 1. The lowest BCUT2D eigenvalue weighted by Crippen LogP contribution is -2.40. The van der Waals surface area contributed by atoms with Gasteiger partial charge in [0, 0.05) is 18.7 Å². The molecule has 0 bridgehead atoms. The standard InChI is InChI=1S/C19H29N3O.HI/c1-4-20-18(22-13-19(9-10-19)16-7-8-16)21-12-15-6-5-14(2)11-17(15)23-3;/h5-6,11,16H,4,7-10,12-13H2,1-3H3,(H2,20,21,22);1H. The van der Waals surface area contributed by atoms with Crippen LogP contribution in [-0.2, 0) is 6.54 Å². The third-order valence-electron chi connectivity index (χ3n) is 5.14. The van der Waals surface area contributed by atoms with Crippen LogP contribution in [0.3, 0.4) is 0 Å². The first-order chi connectivity index (χ1) is 11.2. The maximum absolute atomic E-state index is 5.47. The highest BCUT2D eigenvalue weighted by molar-refractivity contribution is 14.0. The van der Waals surface area contributed by atoms with E-state index in [0.717, 1.165) is 36.3 Å². The first kappa shape index (κ1) is 19.3. The molecule has 0 spiro atoms. The van der Waals surface area contributed by atoms with E-state index in [-0.39, 0.29) is 24.0 Å². The summed E-state index contributed by atoms with van der Waals surface area (Å²) < 4.78 is 5.47. The summed E-state index contributed by atoms with van der Waals surface area (Å²) in [4.78, 5) is 4.75. The van der Waals surface area contributed by atoms with Crippen molar-refractivity contribution in [2.75, 3.05) is 20.2 Å². The number of benzene rings is 1. The van der Waals surface area contributed by atoms with Crippen LogP contribution in [0.25, 0.3) is 0 Å². The first-order valence-corrected chi connectivity index (χ1v) is 8.82. The van der Waals surface area contributed by atoms with Gasteiger partial charge < -0.3 is 15.4 Å². The number of aliphatic imine (C=N–C) groups is 1. The fourth-order valence-corrected chi connectivity index (χ4v) is 3.33. The van der Waals surface area contributed by atoms with Gasteiger partial charge in [-0.25, -0.2) is 4.99 Å². The Morgan fingerprint density at radius 2 is 2.04 bits per heavy atom. The number of hydrogen-bond donors (Lipinski definition) is 2. The molecule has 2 saturated carbocycles. The van der Waals surface area contributed by atoms with Crippen LogP contribution in [0.4, 0.5) is 0 Å². The minimum absolute atomic E-state index is 0. The molecule has 2 fully saturated rings. The van der Waals surface area contributed by atoms with Crippen LogP contribution in [0.2, 0.25) is 0 Å². The van der Waals surface area contributed by atoms with Gasteiger partial charge in [-0.2, -0.15) is 0 Å². The SMILES string of the molecule is CCNC(=NCc1ccc(C)cc1OC)NCC1(C2CC2)CC1.I. The Kier molecular flexibility index (Phi) is 6.78. The van der Waals surface area contributed by atoms with Crippen molar-refractivity contribution in [2.24, 2.45) is 16.3 Å². The predicted octanol–water partition coefficient (Wildman–Crippen LogP) is 3.87. The summed E-state index contributed by atoms with van der Waals surface area (Å²) in [5.74, 6) is 2.80. The van der Waals surface area contributed by atoms with Gasteiger partial charge in [0.15, 0.2) is 5.96 Å². The van der Waals surface area contributed by atoms with Gasteiger partial charge >= 0.3 is 0 Å². The molecule has 0 unspecified atom stereocenters. The molecule has 0 aromatic heterocycles. The highest BCUT2D eigenvalue weighted by Gasteiger charge is 2.53. The molecule has 3 rings (SSSR count). The van der Waals surface area contributed by atoms with E-state index in [1.54, 1.807) is 7.11 Å². The summed E-state index contributed by atoms with van der Waals surface area (Å²) in [6.45, 7) is 6.77. The number of aryl methyl sites for hydroxylation is 1. The van der Waals surface area contributed by atoms with Crippen molar-refractivity contribution < 1.29 is 4.74 Å². The fraction of sp³-hybridized carbons (Fsp3) is 0.632. The number of nitrogens with zero attached hydrogens (tertiary/aromatic N) is 1. The van der Waals surface area contributed by atoms with Gasteiger partial charge in [-0.15, -0.1) is 24.0 Å². The van der Waals surface area contributed by atoms with Gasteiger partial charge in [0.05, 0.1) is 13.7 Å². The molecule has 24 heavy (non-hydrogen) atoms. The first-order valence-electron chi connectivity index (χ1n) is 8.82. The van der Waals surface area contributed by atoms with Crippen molar-refractivity contribution in [1.29, 1.82) is 0 Å². The highest BCUT2D eigenvalue weighted by Crippen LogP contribution is 2.60. The Hall–Kier alpha value is -0.980. The van der Waals surface area contributed by atoms with Crippen LogP contribution in [0.15, 0.2) is 23.2 Å². The van der Waals surface area contributed by atoms with Crippen LogP contribution in [0.5, 0.6) is 5.75 Å². The van der Waals surface area contributed by atoms with Crippen molar-refractivity contribution in [3.8, 4) is 5.75 Å². The third-order valence-corrected chi connectivity index (χ3v) is 5.14. The zero-order valence-corrected chi connectivity index (χ0v) is 17.4. The van der Waals surface area contributed by atoms with E-state index < -0.39 is 0 Å². The van der Waals surface area contributed by atoms with Gasteiger partial charge in [-0.1, -0.05) is 12.1 Å². The second-order valence-electron chi connectivity index (χ2n) is 7.00. The predicted molar refractivity (Wildman–Crippen MR) is 110 cm³/mol. The number of guanidine groups is 1. The summed E-state index contributed by atoms with van der Waals surface area (Å²) in [6, 6.07) is 6.28. The number of halogens is 1. The largest absolute Gasteiger partial charge is 0.496 e. The summed E-state index contributed by atoms with van der Waals surface area (Å²) in [5, 5.41) is 6.92. The minimum atomic E-state index is 0. The van der Waals surface area contributed by atoms with Crippen molar-refractivity contribution in [3.63, 3.8) is 0 Å². The van der Waals surface area contributed by atoms with Crippen LogP contribution in [0.1, 0.15) is 43.7 Å². The maximum Gasteiger partial charge on any atom is 0.191 e. The van der Waals surface area contributed by atoms with Crippen LogP contribution in [-0.4, -0.2) is 26.2 Å². The molecule has 2 N–H and O–H groups in total. The van der Waals surface area contributed by atoms with Crippen molar-refractivity contribution in [3.05, 3.63) is 29.3 Å². The molecule has 1 aromatic rings. The fourth-order valence-electron chi connectivity index (χ4n) is 3.33. The summed E-state index contributed by atoms with van der Waals surface area (Å²) in [6.07, 6.45) is 5.62. The van der Waals surface area contributed by atoms with E-state index in [1.165, 1.54) is 31.2 Å². The van der Waals surface area contributed by atoms with Gasteiger partial charge in [0.25, 0.3) is 0 Å². The van der Waals surface area contributed by atoms with Crippen LogP contribution in [0, 0.1) is 18.3 Å². The van der Waals surface area contributed by atoms with Gasteiger partial charge in [0.1, 0.15) is 5.75 Å². The molecule has 5 heteroatoms. The highest BCUT2D eigenvalue weighted by atomic mass is 127. The minimum Gasteiger partial charge on any atom is -0.496 e. The number of hydrogen-bond acceptors (Lipinski definition) is 2. The lowest BCUT2D eigenvalue weighted by molar-refractivity contribution is 0.409. The van der Waals surface area contributed by atoms with E-state index in [9.17, 15) is 0 Å². The average Bonchev–Trinajstić information content (AvgIpc) is 3.43. The monoisotopic (exact) mass is 443 g/mol. The topological polar surface area (TPSA) is 45.7 Å². The van der Waals surface area contributed by atoms with Crippen molar-refractivity contribution in [1.82, 2.24) is 10.6 Å². The zero-order chi connectivity index (χ0) is 16.3. The summed E-state index contributed by atoms with van der Waals surface area (Å²) in [5.41, 5.74) is 2.91. The van der Waals surface area contributed by atoms with Gasteiger partial charge in [0.2, 0.25) is 0 Å². The molecule has 0 radical (unpaired) electrons. The lowest BCUT2D eigenvalue weighted by Gasteiger charge is -2.18. The molecular formula is C19H30IN3O. The number of methoxy groups -OCH3 is 1. The average molecular weight is 443 g/mol. The van der Waals surface area contributed by atoms with E-state index in [4.69, 9.17) is 9.73 Å². The van der Waals surface area contributed by atoms with Crippen molar-refractivity contribution in [2.45, 2.75) is 46.1 Å². The molecule has 2 aliphatic carbocycles. The van der Waals surface area contributed by atoms with Crippen LogP contribution < -0.4 is 15.4 Å². The molecule has 0 heterocycles. The maximum atomic E-state index is 5.47. The second-order valence-corrected chi connectivity index (χ2v) is 7.00. The van der Waals surface area contributed by atoms with Crippen molar-refractivity contribution >= 4 is 29.9 Å². The zero-order valence-electron chi connectivity index (χ0n) is 15.0. The summed E-state index contributed by atoms with van der Waals surface area (Å²) in [7, 11) is 1.72. The number of nitrogens with one attached hydrogen (secondary N) is 2. The Morgan fingerprint density at radius 1 is 1.29 bits per heavy atom. The molecule has 0 atom stereocenters. The Morgan fingerprint density at radius 3 is 2.62 bits per heavy atom. The lowest BCUT2D eigenvalue weighted by atomic mass is 10.0. The third kappa shape index (κ3) is 4.77. The number of rotatable bonds is 7. The van der Waals surface area contributed by atoms with Gasteiger partial charge in [-0.05, 0) is 62.5 Å². The molecule has 0 saturated heterocycles. The Balaban J connectivity index is 0.00000208. The van der Waals surface area contributed by atoms with Gasteiger partial charge in [-0.3, -0.25) is 0 Å². The smallest absolute Gasteiger partial charge is 0.191 e. The molecule has 134 valence electrons. The summed E-state index contributed by atoms with van der Waals surface area (Å²) >= 11 is 0. The second kappa shape index (κ2) is 8.41. The Labute approximate surface area is 162 Å². The van der Waals surface area contributed by atoms with E-state index in [1.807, 2.05) is 0 Å².